The van der Waals surface area contributed by atoms with Gasteiger partial charge in [-0.1, -0.05) is 12.1 Å². The molecule has 0 aliphatic carbocycles. The van der Waals surface area contributed by atoms with Gasteiger partial charge < -0.3 is 10.1 Å². The van der Waals surface area contributed by atoms with E-state index in [1.807, 2.05) is 0 Å². The highest BCUT2D eigenvalue weighted by atomic mass is 32.2. The summed E-state index contributed by atoms with van der Waals surface area (Å²) in [4.78, 5) is 12.3. The van der Waals surface area contributed by atoms with Crippen molar-refractivity contribution in [1.82, 2.24) is 4.31 Å². The maximum Gasteiger partial charge on any atom is 0.255 e. The molecule has 25 heavy (non-hydrogen) atoms. The number of sulfonamides is 1. The van der Waals surface area contributed by atoms with Gasteiger partial charge >= 0.3 is 0 Å². The van der Waals surface area contributed by atoms with Gasteiger partial charge in [0.15, 0.2) is 0 Å². The molecule has 1 N–H and O–H groups in total. The van der Waals surface area contributed by atoms with E-state index in [0.29, 0.717) is 26.3 Å². The van der Waals surface area contributed by atoms with E-state index in [1.54, 1.807) is 6.07 Å². The van der Waals surface area contributed by atoms with Crippen LogP contribution in [-0.4, -0.2) is 44.9 Å². The van der Waals surface area contributed by atoms with Gasteiger partial charge in [-0.25, -0.2) is 12.8 Å². The van der Waals surface area contributed by atoms with E-state index in [-0.39, 0.29) is 16.1 Å². The Morgan fingerprint density at radius 1 is 1.04 bits per heavy atom. The molecule has 1 fully saturated rings. The third-order valence-corrected chi connectivity index (χ3v) is 5.76. The number of amides is 1. The first-order chi connectivity index (χ1) is 12.0. The number of hydrogen-bond acceptors (Lipinski definition) is 4. The fraction of sp³-hybridized carbons (Fsp3) is 0.235. The summed E-state index contributed by atoms with van der Waals surface area (Å²) in [5, 5.41) is 2.46. The summed E-state index contributed by atoms with van der Waals surface area (Å²) < 4.78 is 45.1. The van der Waals surface area contributed by atoms with Crippen molar-refractivity contribution >= 4 is 21.6 Å². The van der Waals surface area contributed by atoms with E-state index in [2.05, 4.69) is 5.32 Å². The van der Waals surface area contributed by atoms with Crippen LogP contribution in [0, 0.1) is 5.82 Å². The van der Waals surface area contributed by atoms with Crippen LogP contribution in [0.3, 0.4) is 0 Å². The van der Waals surface area contributed by atoms with Gasteiger partial charge in [-0.05, 0) is 36.4 Å². The molecule has 1 aliphatic rings. The minimum atomic E-state index is -3.61. The summed E-state index contributed by atoms with van der Waals surface area (Å²) >= 11 is 0. The van der Waals surface area contributed by atoms with Gasteiger partial charge in [0.05, 0.1) is 23.8 Å². The predicted octanol–water partition coefficient (Wildman–Crippen LogP) is 2.10. The van der Waals surface area contributed by atoms with Crippen molar-refractivity contribution in [1.29, 1.82) is 0 Å². The van der Waals surface area contributed by atoms with Crippen molar-refractivity contribution < 1.29 is 22.3 Å². The average Bonchev–Trinajstić information content (AvgIpc) is 2.64. The van der Waals surface area contributed by atoms with Crippen LogP contribution >= 0.6 is 0 Å². The third-order valence-electron chi connectivity index (χ3n) is 3.85. The van der Waals surface area contributed by atoms with E-state index < -0.39 is 21.7 Å². The molecule has 0 aromatic heterocycles. The molecule has 6 nitrogen and oxygen atoms in total. The zero-order valence-electron chi connectivity index (χ0n) is 13.3. The van der Waals surface area contributed by atoms with Crippen LogP contribution in [0.1, 0.15) is 10.4 Å². The number of benzene rings is 2. The molecule has 0 unspecified atom stereocenters. The summed E-state index contributed by atoms with van der Waals surface area (Å²) in [6, 6.07) is 11.4. The van der Waals surface area contributed by atoms with Crippen LogP contribution in [0.25, 0.3) is 0 Å². The zero-order chi connectivity index (χ0) is 17.9. The average molecular weight is 364 g/mol. The lowest BCUT2D eigenvalue weighted by Gasteiger charge is -2.26. The van der Waals surface area contributed by atoms with Crippen molar-refractivity contribution in [2.24, 2.45) is 0 Å². The lowest BCUT2D eigenvalue weighted by atomic mass is 10.2. The molecule has 0 atom stereocenters. The molecule has 132 valence electrons. The monoisotopic (exact) mass is 364 g/mol. The lowest BCUT2D eigenvalue weighted by molar-refractivity contribution is 0.0730. The molecular weight excluding hydrogens is 347 g/mol. The van der Waals surface area contributed by atoms with Gasteiger partial charge in [0.25, 0.3) is 5.91 Å². The van der Waals surface area contributed by atoms with E-state index in [4.69, 9.17) is 4.74 Å². The quantitative estimate of drug-likeness (QED) is 0.901. The molecular formula is C17H17FN2O4S. The molecule has 0 saturated carbocycles. The minimum absolute atomic E-state index is 0.0671. The standard InChI is InChI=1S/C17H17FN2O4S/c18-15-3-1-2-4-16(15)19-17(21)13-5-7-14(8-6-13)25(22,23)20-9-11-24-12-10-20/h1-8H,9-12H2,(H,19,21). The molecule has 0 spiro atoms. The highest BCUT2D eigenvalue weighted by molar-refractivity contribution is 7.89. The van der Waals surface area contributed by atoms with E-state index in [9.17, 15) is 17.6 Å². The second kappa shape index (κ2) is 7.30. The van der Waals surface area contributed by atoms with Crippen LogP contribution in [0.4, 0.5) is 10.1 Å². The number of halogens is 1. The molecule has 0 bridgehead atoms. The van der Waals surface area contributed by atoms with Crippen LogP contribution < -0.4 is 5.32 Å². The summed E-state index contributed by atoms with van der Waals surface area (Å²) in [5.74, 6) is -1.05. The molecule has 8 heteroatoms. The Balaban J connectivity index is 1.75. The number of anilines is 1. The van der Waals surface area contributed by atoms with Gasteiger partial charge in [0, 0.05) is 18.7 Å². The van der Waals surface area contributed by atoms with Gasteiger partial charge in [-0.15, -0.1) is 0 Å². The van der Waals surface area contributed by atoms with Gasteiger partial charge in [-0.2, -0.15) is 4.31 Å². The number of para-hydroxylation sites is 1. The van der Waals surface area contributed by atoms with Gasteiger partial charge in [0.1, 0.15) is 5.82 Å². The van der Waals surface area contributed by atoms with Crippen molar-refractivity contribution in [3.05, 3.63) is 59.9 Å². The second-order valence-corrected chi connectivity index (χ2v) is 7.41. The Labute approximate surface area is 145 Å². The molecule has 3 rings (SSSR count). The molecule has 1 heterocycles. The number of carbonyl (C=O) groups excluding carboxylic acids is 1. The van der Waals surface area contributed by atoms with Crippen LogP contribution in [-0.2, 0) is 14.8 Å². The van der Waals surface area contributed by atoms with Crippen molar-refractivity contribution in [3.63, 3.8) is 0 Å². The molecule has 2 aromatic rings. The number of nitrogens with one attached hydrogen (secondary N) is 1. The molecule has 0 radical (unpaired) electrons. The maximum atomic E-state index is 13.6. The lowest BCUT2D eigenvalue weighted by Crippen LogP contribution is -2.40. The Morgan fingerprint density at radius 2 is 1.68 bits per heavy atom. The van der Waals surface area contributed by atoms with Crippen LogP contribution in [0.2, 0.25) is 0 Å². The third kappa shape index (κ3) is 3.87. The Bertz CT molecular complexity index is 862. The number of morpholine rings is 1. The summed E-state index contributed by atoms with van der Waals surface area (Å²) in [6.07, 6.45) is 0. The number of nitrogens with zero attached hydrogens (tertiary/aromatic N) is 1. The Hall–Kier alpha value is -2.29. The van der Waals surface area contributed by atoms with Gasteiger partial charge in [-0.3, -0.25) is 4.79 Å². The fourth-order valence-electron chi connectivity index (χ4n) is 2.47. The second-order valence-electron chi connectivity index (χ2n) is 5.47. The summed E-state index contributed by atoms with van der Waals surface area (Å²) in [6.45, 7) is 1.33. The summed E-state index contributed by atoms with van der Waals surface area (Å²) in [5.41, 5.74) is 0.307. The predicted molar refractivity (Wildman–Crippen MR) is 90.4 cm³/mol. The Kier molecular flexibility index (Phi) is 5.12. The SMILES string of the molecule is O=C(Nc1ccccc1F)c1ccc(S(=O)(=O)N2CCOCC2)cc1. The summed E-state index contributed by atoms with van der Waals surface area (Å²) in [7, 11) is -3.61. The van der Waals surface area contributed by atoms with E-state index in [0.717, 1.165) is 0 Å². The molecule has 2 aromatic carbocycles. The topological polar surface area (TPSA) is 75.7 Å². The van der Waals surface area contributed by atoms with Crippen LogP contribution in [0.15, 0.2) is 53.4 Å². The zero-order valence-corrected chi connectivity index (χ0v) is 14.1. The van der Waals surface area contributed by atoms with Crippen molar-refractivity contribution in [3.8, 4) is 0 Å². The Morgan fingerprint density at radius 3 is 2.32 bits per heavy atom. The van der Waals surface area contributed by atoms with Gasteiger partial charge in [0.2, 0.25) is 10.0 Å². The number of rotatable bonds is 4. The first kappa shape index (κ1) is 17.5. The first-order valence-corrected chi connectivity index (χ1v) is 9.16. The highest BCUT2D eigenvalue weighted by Gasteiger charge is 2.26. The largest absolute Gasteiger partial charge is 0.379 e. The number of carbonyl (C=O) groups is 1. The molecule has 1 amide bonds. The normalized spacial score (nSPS) is 15.7. The van der Waals surface area contributed by atoms with E-state index >= 15 is 0 Å². The molecule has 1 aliphatic heterocycles. The van der Waals surface area contributed by atoms with Crippen molar-refractivity contribution in [2.75, 3.05) is 31.6 Å². The van der Waals surface area contributed by atoms with Crippen molar-refractivity contribution in [2.45, 2.75) is 4.90 Å². The smallest absolute Gasteiger partial charge is 0.255 e. The maximum absolute atomic E-state index is 13.6. The fourth-order valence-corrected chi connectivity index (χ4v) is 3.88. The first-order valence-electron chi connectivity index (χ1n) is 7.72. The molecule has 1 saturated heterocycles. The van der Waals surface area contributed by atoms with Crippen LogP contribution in [0.5, 0.6) is 0 Å². The minimum Gasteiger partial charge on any atom is -0.379 e. The van der Waals surface area contributed by atoms with E-state index in [1.165, 1.54) is 46.8 Å². The number of hydrogen-bond donors (Lipinski definition) is 1. The number of ether oxygens (including phenoxy) is 1. The highest BCUT2D eigenvalue weighted by Crippen LogP contribution is 2.19.